The molecule has 1 atom stereocenters. The maximum Gasteiger partial charge on any atom is 0.160 e. The molecule has 0 bridgehead atoms. The second kappa shape index (κ2) is 11.8. The quantitative estimate of drug-likeness (QED) is 0.182. The number of hydrogen-bond donors (Lipinski definition) is 0. The summed E-state index contributed by atoms with van der Waals surface area (Å²) in [7, 11) is 0. The monoisotopic (exact) mass is 712 g/mol. The van der Waals surface area contributed by atoms with E-state index in [1.165, 1.54) is 49.7 Å². The molecule has 1 unspecified atom stereocenters. The highest BCUT2D eigenvalue weighted by Crippen LogP contribution is 2.66. The lowest BCUT2D eigenvalue weighted by atomic mass is 9.68. The van der Waals surface area contributed by atoms with Crippen LogP contribution in [0.2, 0.25) is 0 Å². The Labute approximate surface area is 324 Å². The summed E-state index contributed by atoms with van der Waals surface area (Å²) in [5.74, 6) is 1.68. The fraction of sp³-hybridized carbons (Fsp3) is 0.0189. The van der Waals surface area contributed by atoms with Crippen LogP contribution in [0.4, 0.5) is 0 Å². The molecule has 12 rings (SSSR count). The molecule has 2 heterocycles. The first kappa shape index (κ1) is 31.0. The zero-order valence-electron chi connectivity index (χ0n) is 30.3. The van der Waals surface area contributed by atoms with E-state index in [9.17, 15) is 0 Å². The molecule has 0 aliphatic heterocycles. The maximum absolute atomic E-state index is 6.76. The van der Waals surface area contributed by atoms with Crippen LogP contribution in [0.1, 0.15) is 22.3 Å². The van der Waals surface area contributed by atoms with Crippen molar-refractivity contribution in [3.05, 3.63) is 216 Å². The smallest absolute Gasteiger partial charge is 0.160 e. The van der Waals surface area contributed by atoms with Crippen LogP contribution in [0, 0.1) is 0 Å². The molecule has 0 saturated carbocycles. The molecule has 1 spiro atoms. The average molecular weight is 713 g/mol. The van der Waals surface area contributed by atoms with Gasteiger partial charge in [-0.05, 0) is 67.9 Å². The zero-order chi connectivity index (χ0) is 36.8. The van der Waals surface area contributed by atoms with Gasteiger partial charge < -0.3 is 4.42 Å². The third-order valence-electron chi connectivity index (χ3n) is 11.9. The number of nitrogens with zero attached hydrogens (tertiary/aromatic N) is 2. The largest absolute Gasteiger partial charge is 0.456 e. The standard InChI is InChI=1S/C53H32N2O/c1-2-14-35(15-3-1)46-32-47(55-52(54-46)38-30-25-33-13-4-5-16-37(33)31-38)36-28-26-34(27-29-36)39-20-12-21-41-40-17-6-9-22-44(40)53(49(39)41)45-23-10-7-18-42(45)51-50(53)43-19-8-11-24-48(43)56-51/h1-32H. The van der Waals surface area contributed by atoms with Gasteiger partial charge in [0.15, 0.2) is 5.82 Å². The number of furan rings is 1. The fourth-order valence-electron chi connectivity index (χ4n) is 9.52. The highest BCUT2D eigenvalue weighted by Gasteiger charge is 2.55. The number of fused-ring (bicyclic) bond motifs is 13. The first-order chi connectivity index (χ1) is 27.8. The lowest BCUT2D eigenvalue weighted by molar-refractivity contribution is 0.628. The van der Waals surface area contributed by atoms with Gasteiger partial charge in [0, 0.05) is 33.2 Å². The van der Waals surface area contributed by atoms with E-state index in [1.807, 2.05) is 6.07 Å². The van der Waals surface area contributed by atoms with Crippen LogP contribution in [0.3, 0.4) is 0 Å². The Kier molecular flexibility index (Phi) is 6.55. The van der Waals surface area contributed by atoms with Crippen LogP contribution in [0.25, 0.3) is 89.2 Å². The molecule has 0 amide bonds. The lowest BCUT2D eigenvalue weighted by Crippen LogP contribution is -2.26. The molecule has 2 aromatic heterocycles. The van der Waals surface area contributed by atoms with Gasteiger partial charge in [0.25, 0.3) is 0 Å². The van der Waals surface area contributed by atoms with Crippen molar-refractivity contribution in [2.45, 2.75) is 5.41 Å². The maximum atomic E-state index is 6.76. The van der Waals surface area contributed by atoms with Gasteiger partial charge in [0.2, 0.25) is 0 Å². The summed E-state index contributed by atoms with van der Waals surface area (Å²) < 4.78 is 6.76. The van der Waals surface area contributed by atoms with Crippen molar-refractivity contribution in [3.63, 3.8) is 0 Å². The van der Waals surface area contributed by atoms with E-state index in [1.54, 1.807) is 0 Å². The van der Waals surface area contributed by atoms with E-state index in [0.717, 1.165) is 55.9 Å². The molecule has 3 heteroatoms. The van der Waals surface area contributed by atoms with Crippen LogP contribution >= 0.6 is 0 Å². The molecule has 0 N–H and O–H groups in total. The normalized spacial score (nSPS) is 14.9. The van der Waals surface area contributed by atoms with Gasteiger partial charge in [-0.2, -0.15) is 0 Å². The molecule has 2 aliphatic rings. The number of rotatable bonds is 4. The van der Waals surface area contributed by atoms with E-state index in [-0.39, 0.29) is 0 Å². The summed E-state index contributed by atoms with van der Waals surface area (Å²) in [6.07, 6.45) is 0. The minimum absolute atomic E-state index is 0.536. The summed E-state index contributed by atoms with van der Waals surface area (Å²) in [5.41, 5.74) is 16.4. The van der Waals surface area contributed by atoms with Crippen molar-refractivity contribution in [1.82, 2.24) is 9.97 Å². The predicted molar refractivity (Wildman–Crippen MR) is 227 cm³/mol. The van der Waals surface area contributed by atoms with E-state index >= 15 is 0 Å². The SMILES string of the molecule is c1ccc(-c2cc(-c3ccc(-c4cccc5c4C4(c6ccccc6-5)c5ccccc5-c5oc6ccccc6c54)cc3)nc(-c3ccc4ccccc4c3)n2)cc1. The zero-order valence-corrected chi connectivity index (χ0v) is 30.3. The van der Waals surface area contributed by atoms with Crippen molar-refractivity contribution in [1.29, 1.82) is 0 Å². The molecule has 56 heavy (non-hydrogen) atoms. The van der Waals surface area contributed by atoms with Crippen LogP contribution in [-0.2, 0) is 5.41 Å². The third kappa shape index (κ3) is 4.34. The first-order valence-corrected chi connectivity index (χ1v) is 19.2. The Morgan fingerprint density at radius 3 is 1.79 bits per heavy atom. The van der Waals surface area contributed by atoms with Crippen LogP contribution in [-0.4, -0.2) is 9.97 Å². The van der Waals surface area contributed by atoms with E-state index in [2.05, 4.69) is 188 Å². The predicted octanol–water partition coefficient (Wildman–Crippen LogP) is 13.4. The van der Waals surface area contributed by atoms with E-state index < -0.39 is 5.41 Å². The van der Waals surface area contributed by atoms with Crippen molar-refractivity contribution in [3.8, 4) is 67.5 Å². The van der Waals surface area contributed by atoms with Gasteiger partial charge >= 0.3 is 0 Å². The Morgan fingerprint density at radius 2 is 0.964 bits per heavy atom. The summed E-state index contributed by atoms with van der Waals surface area (Å²) in [6.45, 7) is 0. The fourth-order valence-corrected chi connectivity index (χ4v) is 9.52. The summed E-state index contributed by atoms with van der Waals surface area (Å²) in [5, 5.41) is 3.52. The molecule has 0 radical (unpaired) electrons. The summed E-state index contributed by atoms with van der Waals surface area (Å²) in [6, 6.07) is 69.4. The van der Waals surface area contributed by atoms with Gasteiger partial charge in [0.05, 0.1) is 16.8 Å². The Morgan fingerprint density at radius 1 is 0.375 bits per heavy atom. The molecule has 8 aromatic carbocycles. The molecule has 10 aromatic rings. The molecule has 260 valence electrons. The number of aromatic nitrogens is 2. The van der Waals surface area contributed by atoms with Gasteiger partial charge in [-0.15, -0.1) is 0 Å². The van der Waals surface area contributed by atoms with E-state index in [0.29, 0.717) is 5.82 Å². The Hall–Kier alpha value is -7.36. The van der Waals surface area contributed by atoms with Crippen LogP contribution in [0.15, 0.2) is 199 Å². The first-order valence-electron chi connectivity index (χ1n) is 19.2. The topological polar surface area (TPSA) is 38.9 Å². The highest BCUT2D eigenvalue weighted by molar-refractivity contribution is 6.04. The molecule has 2 aliphatic carbocycles. The second-order valence-electron chi connectivity index (χ2n) is 14.8. The Bertz CT molecular complexity index is 3200. The summed E-state index contributed by atoms with van der Waals surface area (Å²) in [4.78, 5) is 10.3. The molecule has 0 fully saturated rings. The number of hydrogen-bond acceptors (Lipinski definition) is 3. The van der Waals surface area contributed by atoms with Crippen molar-refractivity contribution in [2.75, 3.05) is 0 Å². The van der Waals surface area contributed by atoms with Crippen LogP contribution < -0.4 is 0 Å². The van der Waals surface area contributed by atoms with Gasteiger partial charge in [-0.1, -0.05) is 176 Å². The number of para-hydroxylation sites is 1. The minimum atomic E-state index is -0.536. The molecular formula is C53H32N2O. The average Bonchev–Trinajstić information content (AvgIpc) is 3.90. The highest BCUT2D eigenvalue weighted by atomic mass is 16.3. The van der Waals surface area contributed by atoms with Gasteiger partial charge in [-0.3, -0.25) is 0 Å². The van der Waals surface area contributed by atoms with Gasteiger partial charge in [-0.25, -0.2) is 9.97 Å². The van der Waals surface area contributed by atoms with Crippen molar-refractivity contribution < 1.29 is 4.42 Å². The van der Waals surface area contributed by atoms with Gasteiger partial charge in [0.1, 0.15) is 11.3 Å². The van der Waals surface area contributed by atoms with E-state index in [4.69, 9.17) is 14.4 Å². The molecular weight excluding hydrogens is 681 g/mol. The summed E-state index contributed by atoms with van der Waals surface area (Å²) >= 11 is 0. The molecule has 0 saturated heterocycles. The number of benzene rings is 8. The molecule has 3 nitrogen and oxygen atoms in total. The third-order valence-corrected chi connectivity index (χ3v) is 11.9. The lowest BCUT2D eigenvalue weighted by Gasteiger charge is -2.31. The van der Waals surface area contributed by atoms with Crippen molar-refractivity contribution >= 4 is 21.7 Å². The van der Waals surface area contributed by atoms with Crippen molar-refractivity contribution in [2.24, 2.45) is 0 Å². The second-order valence-corrected chi connectivity index (χ2v) is 14.8. The minimum Gasteiger partial charge on any atom is -0.456 e. The van der Waals surface area contributed by atoms with Crippen LogP contribution in [0.5, 0.6) is 0 Å². The Balaban J connectivity index is 1.05.